The number of hydrogen-bond donors (Lipinski definition) is 2. The maximum atomic E-state index is 13.9. The predicted molar refractivity (Wildman–Crippen MR) is 144 cm³/mol. The van der Waals surface area contributed by atoms with E-state index in [0.717, 1.165) is 5.56 Å². The first-order valence-corrected chi connectivity index (χ1v) is 12.5. The molecule has 0 spiro atoms. The molecule has 0 saturated heterocycles. The molecule has 0 saturated carbocycles. The summed E-state index contributed by atoms with van der Waals surface area (Å²) in [7, 11) is 0. The Bertz CT molecular complexity index is 1120. The van der Waals surface area contributed by atoms with Gasteiger partial charge in [0.2, 0.25) is 5.91 Å². The zero-order valence-corrected chi connectivity index (χ0v) is 22.9. The number of ether oxygens (including phenoxy) is 1. The molecule has 2 rings (SSSR count). The molecule has 2 atom stereocenters. The van der Waals surface area contributed by atoms with Gasteiger partial charge in [-0.05, 0) is 57.2 Å². The van der Waals surface area contributed by atoms with Crippen molar-refractivity contribution in [3.8, 4) is 6.07 Å². The zero-order chi connectivity index (χ0) is 27.8. The predicted octanol–water partition coefficient (Wildman–Crippen LogP) is 5.62. The van der Waals surface area contributed by atoms with Crippen LogP contribution in [0.5, 0.6) is 0 Å². The van der Waals surface area contributed by atoms with Gasteiger partial charge < -0.3 is 20.3 Å². The number of aryl methyl sites for hydroxylation is 1. The van der Waals surface area contributed by atoms with Gasteiger partial charge in [-0.25, -0.2) is 4.79 Å². The summed E-state index contributed by atoms with van der Waals surface area (Å²) in [6.45, 7) is 10.4. The maximum Gasteiger partial charge on any atom is 0.408 e. The lowest BCUT2D eigenvalue weighted by atomic mass is 9.99. The molecule has 2 N–H and O–H groups in total. The van der Waals surface area contributed by atoms with Gasteiger partial charge in [0.1, 0.15) is 24.2 Å². The molecule has 0 aliphatic heterocycles. The second-order valence-electron chi connectivity index (χ2n) is 10.2. The Kier molecular flexibility index (Phi) is 10.5. The lowest BCUT2D eigenvalue weighted by molar-refractivity contribution is -0.140. The second kappa shape index (κ2) is 13.1. The summed E-state index contributed by atoms with van der Waals surface area (Å²) in [5, 5.41) is 15.5. The Morgan fingerprint density at radius 1 is 1.08 bits per heavy atom. The fraction of sp³-hybridized carbons (Fsp3) is 0.429. The van der Waals surface area contributed by atoms with Crippen LogP contribution in [0.1, 0.15) is 58.2 Å². The quantitative estimate of drug-likeness (QED) is 0.412. The highest BCUT2D eigenvalue weighted by Gasteiger charge is 2.36. The minimum atomic E-state index is -1.15. The van der Waals surface area contributed by atoms with Gasteiger partial charge in [-0.2, -0.15) is 5.26 Å². The van der Waals surface area contributed by atoms with Gasteiger partial charge in [0.05, 0.1) is 16.8 Å². The molecule has 0 heterocycles. The minimum Gasteiger partial charge on any atom is -0.444 e. The van der Waals surface area contributed by atoms with Crippen LogP contribution in [0.2, 0.25) is 5.02 Å². The third-order valence-corrected chi connectivity index (χ3v) is 5.68. The first kappa shape index (κ1) is 29.7. The van der Waals surface area contributed by atoms with E-state index < -0.39 is 35.6 Å². The molecular weight excluding hydrogens is 492 g/mol. The van der Waals surface area contributed by atoms with Crippen LogP contribution >= 0.6 is 11.6 Å². The van der Waals surface area contributed by atoms with Crippen LogP contribution in [0, 0.1) is 24.2 Å². The molecule has 0 bridgehead atoms. The van der Waals surface area contributed by atoms with E-state index in [1.54, 1.807) is 76.2 Å². The molecule has 0 fully saturated rings. The molecule has 2 unspecified atom stereocenters. The average Bonchev–Trinajstić information content (AvgIpc) is 2.79. The standard InChI is InChI=1S/C28H35ClN4O4/c1-18(2)17-22(31-27(36)37-28(4,5)6)26(35)33(16-15-30)24(20-12-8-7-9-13-20)25(34)32-23-19(3)11-10-14-21(23)29/h7-14,18,22,24H,16-17H2,1-6H3,(H,31,36)(H,32,34). The molecule has 0 aliphatic rings. The van der Waals surface area contributed by atoms with Crippen LogP contribution in [0.15, 0.2) is 48.5 Å². The highest BCUT2D eigenvalue weighted by molar-refractivity contribution is 6.34. The lowest BCUT2D eigenvalue weighted by Crippen LogP contribution is -2.53. The van der Waals surface area contributed by atoms with Crippen molar-refractivity contribution in [2.75, 3.05) is 11.9 Å². The maximum absolute atomic E-state index is 13.9. The third-order valence-electron chi connectivity index (χ3n) is 5.37. The number of alkyl carbamates (subject to hydrolysis) is 1. The number of nitriles is 1. The van der Waals surface area contributed by atoms with E-state index >= 15 is 0 Å². The Morgan fingerprint density at radius 2 is 1.73 bits per heavy atom. The molecule has 2 aromatic carbocycles. The van der Waals surface area contributed by atoms with E-state index in [2.05, 4.69) is 10.6 Å². The van der Waals surface area contributed by atoms with E-state index in [1.165, 1.54) is 4.90 Å². The van der Waals surface area contributed by atoms with Crippen molar-refractivity contribution in [3.63, 3.8) is 0 Å². The average molecular weight is 527 g/mol. The normalized spacial score (nSPS) is 12.7. The van der Waals surface area contributed by atoms with Gasteiger partial charge in [0, 0.05) is 0 Å². The first-order valence-electron chi connectivity index (χ1n) is 12.1. The Morgan fingerprint density at radius 3 is 2.27 bits per heavy atom. The van der Waals surface area contributed by atoms with Crippen molar-refractivity contribution in [1.82, 2.24) is 10.2 Å². The number of anilines is 1. The molecule has 2 aromatic rings. The van der Waals surface area contributed by atoms with E-state index in [9.17, 15) is 19.6 Å². The van der Waals surface area contributed by atoms with Gasteiger partial charge in [0.25, 0.3) is 5.91 Å². The fourth-order valence-corrected chi connectivity index (χ4v) is 4.07. The van der Waals surface area contributed by atoms with Crippen LogP contribution in [0.4, 0.5) is 10.5 Å². The van der Waals surface area contributed by atoms with E-state index in [0.29, 0.717) is 16.3 Å². The van der Waals surface area contributed by atoms with Crippen molar-refractivity contribution in [3.05, 3.63) is 64.7 Å². The van der Waals surface area contributed by atoms with Crippen molar-refractivity contribution in [2.24, 2.45) is 5.92 Å². The molecule has 3 amide bonds. The summed E-state index contributed by atoms with van der Waals surface area (Å²) in [5.74, 6) is -1.07. The van der Waals surface area contributed by atoms with Crippen molar-refractivity contribution in [2.45, 2.75) is 65.6 Å². The number of carbonyl (C=O) groups is 3. The van der Waals surface area contributed by atoms with E-state index in [-0.39, 0.29) is 18.9 Å². The number of hydrogen-bond acceptors (Lipinski definition) is 5. The van der Waals surface area contributed by atoms with Crippen LogP contribution in [-0.4, -0.2) is 41.0 Å². The van der Waals surface area contributed by atoms with Crippen LogP contribution in [-0.2, 0) is 14.3 Å². The molecule has 0 aliphatic carbocycles. The summed E-state index contributed by atoms with van der Waals surface area (Å²) in [4.78, 5) is 41.3. The topological polar surface area (TPSA) is 112 Å². The molecule has 8 nitrogen and oxygen atoms in total. The summed E-state index contributed by atoms with van der Waals surface area (Å²) in [6.07, 6.45) is -0.469. The molecular formula is C28H35ClN4O4. The minimum absolute atomic E-state index is 0.0302. The van der Waals surface area contributed by atoms with Crippen molar-refractivity contribution >= 4 is 35.2 Å². The molecule has 0 radical (unpaired) electrons. The van der Waals surface area contributed by atoms with Gasteiger partial charge in [-0.1, -0.05) is 67.9 Å². The van der Waals surface area contributed by atoms with Gasteiger partial charge >= 0.3 is 6.09 Å². The fourth-order valence-electron chi connectivity index (χ4n) is 3.81. The molecule has 37 heavy (non-hydrogen) atoms. The summed E-state index contributed by atoms with van der Waals surface area (Å²) in [5.41, 5.74) is 0.912. The molecule has 198 valence electrons. The number of carbonyl (C=O) groups excluding carboxylic acids is 3. The molecule has 9 heteroatoms. The first-order chi connectivity index (χ1) is 17.3. The number of halogens is 1. The van der Waals surface area contributed by atoms with Gasteiger partial charge in [-0.3, -0.25) is 9.59 Å². The SMILES string of the molecule is Cc1cccc(Cl)c1NC(=O)C(c1ccccc1)N(CC#N)C(=O)C(CC(C)C)NC(=O)OC(C)(C)C. The number of amides is 3. The Labute approximate surface area is 223 Å². The van der Waals surface area contributed by atoms with Crippen molar-refractivity contribution in [1.29, 1.82) is 5.26 Å². The number of benzene rings is 2. The second-order valence-corrected chi connectivity index (χ2v) is 10.6. The van der Waals surface area contributed by atoms with Gasteiger partial charge in [-0.15, -0.1) is 0 Å². The van der Waals surface area contributed by atoms with Crippen LogP contribution < -0.4 is 10.6 Å². The highest BCUT2D eigenvalue weighted by atomic mass is 35.5. The van der Waals surface area contributed by atoms with Crippen LogP contribution in [0.25, 0.3) is 0 Å². The summed E-state index contributed by atoms with van der Waals surface area (Å²) >= 11 is 6.34. The van der Waals surface area contributed by atoms with Crippen LogP contribution in [0.3, 0.4) is 0 Å². The monoisotopic (exact) mass is 526 g/mol. The Hall–Kier alpha value is -3.57. The largest absolute Gasteiger partial charge is 0.444 e. The zero-order valence-electron chi connectivity index (χ0n) is 22.2. The third kappa shape index (κ3) is 8.80. The number of para-hydroxylation sites is 1. The Balaban J connectivity index is 2.50. The number of rotatable bonds is 9. The lowest BCUT2D eigenvalue weighted by Gasteiger charge is -2.33. The number of nitrogens with one attached hydrogen (secondary N) is 2. The smallest absolute Gasteiger partial charge is 0.408 e. The van der Waals surface area contributed by atoms with E-state index in [1.807, 2.05) is 19.9 Å². The molecule has 0 aromatic heterocycles. The van der Waals surface area contributed by atoms with Crippen molar-refractivity contribution < 1.29 is 19.1 Å². The summed E-state index contributed by atoms with van der Waals surface area (Å²) in [6, 6.07) is 13.8. The van der Waals surface area contributed by atoms with Gasteiger partial charge in [0.15, 0.2) is 0 Å². The number of nitrogens with zero attached hydrogens (tertiary/aromatic N) is 2. The summed E-state index contributed by atoms with van der Waals surface area (Å²) < 4.78 is 5.36. The van der Waals surface area contributed by atoms with E-state index in [4.69, 9.17) is 16.3 Å². The highest BCUT2D eigenvalue weighted by Crippen LogP contribution is 2.29.